The van der Waals surface area contributed by atoms with E-state index in [0.717, 1.165) is 11.1 Å². The Labute approximate surface area is 134 Å². The van der Waals surface area contributed by atoms with Crippen LogP contribution < -0.4 is 15.8 Å². The lowest BCUT2D eigenvalue weighted by atomic mass is 10.1. The van der Waals surface area contributed by atoms with Crippen molar-refractivity contribution < 1.29 is 9.53 Å². The van der Waals surface area contributed by atoms with Crippen molar-refractivity contribution in [3.8, 4) is 5.75 Å². The number of halogens is 1. The number of nitrogens with two attached hydrogens (primary N) is 1. The van der Waals surface area contributed by atoms with Gasteiger partial charge in [-0.15, -0.1) is 0 Å². The van der Waals surface area contributed by atoms with E-state index in [1.165, 1.54) is 0 Å². The normalized spacial score (nSPS) is 14.4. The minimum Gasteiger partial charge on any atom is -0.485 e. The number of ether oxygens (including phenoxy) is 1. The third kappa shape index (κ3) is 2.93. The average molecular weight is 317 g/mol. The highest BCUT2D eigenvalue weighted by atomic mass is 35.5. The number of carbonyl (C=O) groups excluding carboxylic acids is 1. The third-order valence-electron chi connectivity index (χ3n) is 3.68. The van der Waals surface area contributed by atoms with Gasteiger partial charge < -0.3 is 15.8 Å². The molecule has 0 unspecified atom stereocenters. The molecule has 114 valence electrons. The number of amides is 1. The molecule has 5 heteroatoms. The van der Waals surface area contributed by atoms with Crippen LogP contribution in [0.5, 0.6) is 5.75 Å². The summed E-state index contributed by atoms with van der Waals surface area (Å²) < 4.78 is 6.11. The van der Waals surface area contributed by atoms with Crippen LogP contribution in [0, 0.1) is 0 Å². The highest BCUT2D eigenvalue weighted by Crippen LogP contribution is 2.34. The summed E-state index contributed by atoms with van der Waals surface area (Å²) in [7, 11) is 0. The molecule has 3 N–H and O–H groups in total. The molecule has 1 aliphatic rings. The number of fused-ring (bicyclic) bond motifs is 1. The van der Waals surface area contributed by atoms with Crippen LogP contribution in [0.1, 0.15) is 34.0 Å². The Hall–Kier alpha value is -2.04. The zero-order valence-corrected chi connectivity index (χ0v) is 12.8. The zero-order valence-electron chi connectivity index (χ0n) is 12.0. The molecule has 2 aromatic rings. The molecule has 0 saturated heterocycles. The van der Waals surface area contributed by atoms with Gasteiger partial charge in [0.25, 0.3) is 5.91 Å². The van der Waals surface area contributed by atoms with Crippen LogP contribution in [0.25, 0.3) is 0 Å². The topological polar surface area (TPSA) is 64.3 Å². The van der Waals surface area contributed by atoms with Crippen molar-refractivity contribution in [1.82, 2.24) is 5.32 Å². The summed E-state index contributed by atoms with van der Waals surface area (Å²) in [4.78, 5) is 12.0. The van der Waals surface area contributed by atoms with E-state index in [2.05, 4.69) is 5.32 Å². The molecule has 1 heterocycles. The van der Waals surface area contributed by atoms with Crippen LogP contribution >= 0.6 is 11.6 Å². The molecule has 1 atom stereocenters. The van der Waals surface area contributed by atoms with Gasteiger partial charge in [0.05, 0.1) is 5.56 Å². The lowest BCUT2D eigenvalue weighted by Gasteiger charge is -2.20. The Morgan fingerprint density at radius 3 is 2.77 bits per heavy atom. The van der Waals surface area contributed by atoms with E-state index in [-0.39, 0.29) is 12.0 Å². The highest BCUT2D eigenvalue weighted by molar-refractivity contribution is 6.31. The number of hydrogen-bond donors (Lipinski definition) is 2. The van der Waals surface area contributed by atoms with Crippen LogP contribution in [-0.4, -0.2) is 12.5 Å². The molecule has 0 saturated carbocycles. The maximum Gasteiger partial charge on any atom is 0.255 e. The first-order valence-corrected chi connectivity index (χ1v) is 7.59. The van der Waals surface area contributed by atoms with Gasteiger partial charge in [-0.1, -0.05) is 41.9 Å². The molecule has 0 spiro atoms. The monoisotopic (exact) mass is 316 g/mol. The van der Waals surface area contributed by atoms with E-state index in [1.54, 1.807) is 12.1 Å². The van der Waals surface area contributed by atoms with Gasteiger partial charge in [-0.3, -0.25) is 4.79 Å². The first kappa shape index (κ1) is 14.9. The minimum absolute atomic E-state index is 0.124. The van der Waals surface area contributed by atoms with Crippen LogP contribution in [-0.2, 0) is 6.54 Å². The van der Waals surface area contributed by atoms with Gasteiger partial charge in [-0.2, -0.15) is 0 Å². The van der Waals surface area contributed by atoms with Gasteiger partial charge in [-0.05, 0) is 29.8 Å². The molecule has 0 aliphatic carbocycles. The van der Waals surface area contributed by atoms with E-state index in [4.69, 9.17) is 22.1 Å². The van der Waals surface area contributed by atoms with E-state index < -0.39 is 0 Å². The van der Waals surface area contributed by atoms with Crippen LogP contribution in [0.2, 0.25) is 5.02 Å². The summed E-state index contributed by atoms with van der Waals surface area (Å²) in [6.45, 7) is 0.979. The lowest BCUT2D eigenvalue weighted by molar-refractivity contribution is 0.0958. The number of benzene rings is 2. The molecule has 0 aromatic heterocycles. The van der Waals surface area contributed by atoms with Crippen LogP contribution in [0.15, 0.2) is 42.5 Å². The molecule has 1 amide bonds. The number of carbonyl (C=O) groups is 1. The third-order valence-corrected chi connectivity index (χ3v) is 3.90. The molecular weight excluding hydrogens is 300 g/mol. The fraction of sp³-hybridized carbons (Fsp3) is 0.235. The number of hydrogen-bond acceptors (Lipinski definition) is 3. The van der Waals surface area contributed by atoms with Crippen molar-refractivity contribution in [2.75, 3.05) is 6.54 Å². The maximum absolute atomic E-state index is 12.0. The molecule has 3 rings (SSSR count). The second-order valence-electron chi connectivity index (χ2n) is 5.22. The summed E-state index contributed by atoms with van der Waals surface area (Å²) in [6, 6.07) is 13.3. The number of nitrogens with one attached hydrogen (secondary N) is 1. The van der Waals surface area contributed by atoms with E-state index in [1.807, 2.05) is 30.3 Å². The fourth-order valence-corrected chi connectivity index (χ4v) is 2.89. The standard InChI is InChI=1S/C17H17ClN2O2/c18-13-8-12-10-20-17(21)16(12)15(9-13)22-14(6-7-19)11-4-2-1-3-5-11/h1-5,8-9,14H,6-7,10,19H2,(H,20,21)/t14-/m1/s1. The zero-order chi connectivity index (χ0) is 15.5. The predicted molar refractivity (Wildman–Crippen MR) is 86.1 cm³/mol. The summed E-state index contributed by atoms with van der Waals surface area (Å²) >= 11 is 6.14. The van der Waals surface area contributed by atoms with Gasteiger partial charge in [-0.25, -0.2) is 0 Å². The van der Waals surface area contributed by atoms with E-state index in [0.29, 0.717) is 35.8 Å². The summed E-state index contributed by atoms with van der Waals surface area (Å²) in [5.74, 6) is 0.390. The Bertz CT molecular complexity index is 689. The average Bonchev–Trinajstić information content (AvgIpc) is 2.89. The fourth-order valence-electron chi connectivity index (χ4n) is 2.66. The van der Waals surface area contributed by atoms with Crippen LogP contribution in [0.4, 0.5) is 0 Å². The summed E-state index contributed by atoms with van der Waals surface area (Å²) in [5, 5.41) is 3.36. The molecule has 0 bridgehead atoms. The second-order valence-corrected chi connectivity index (χ2v) is 5.65. The first-order valence-electron chi connectivity index (χ1n) is 7.21. The lowest BCUT2D eigenvalue weighted by Crippen LogP contribution is -2.16. The molecule has 0 fully saturated rings. The van der Waals surface area contributed by atoms with Gasteiger partial charge in [0.2, 0.25) is 0 Å². The minimum atomic E-state index is -0.206. The van der Waals surface area contributed by atoms with Crippen molar-refractivity contribution >= 4 is 17.5 Å². The van der Waals surface area contributed by atoms with Gasteiger partial charge in [0.1, 0.15) is 11.9 Å². The smallest absolute Gasteiger partial charge is 0.255 e. The van der Waals surface area contributed by atoms with Crippen molar-refractivity contribution in [1.29, 1.82) is 0 Å². The number of rotatable bonds is 5. The van der Waals surface area contributed by atoms with Crippen molar-refractivity contribution in [2.24, 2.45) is 5.73 Å². The van der Waals surface area contributed by atoms with Gasteiger partial charge >= 0.3 is 0 Å². The molecule has 4 nitrogen and oxygen atoms in total. The maximum atomic E-state index is 12.0. The van der Waals surface area contributed by atoms with Crippen molar-refractivity contribution in [3.05, 3.63) is 64.2 Å². The molecular formula is C17H17ClN2O2. The quantitative estimate of drug-likeness (QED) is 0.891. The highest BCUT2D eigenvalue weighted by Gasteiger charge is 2.26. The molecule has 1 aliphatic heterocycles. The first-order chi connectivity index (χ1) is 10.7. The Morgan fingerprint density at radius 1 is 1.27 bits per heavy atom. The molecule has 2 aromatic carbocycles. The largest absolute Gasteiger partial charge is 0.485 e. The van der Waals surface area contributed by atoms with E-state index in [9.17, 15) is 4.79 Å². The SMILES string of the molecule is NCC[C@@H](Oc1cc(Cl)cc2c1C(=O)NC2)c1ccccc1. The van der Waals surface area contributed by atoms with Gasteiger partial charge in [0, 0.05) is 18.0 Å². The Kier molecular flexibility index (Phi) is 4.32. The summed E-state index contributed by atoms with van der Waals surface area (Å²) in [5.41, 5.74) is 8.17. The van der Waals surface area contributed by atoms with Crippen molar-refractivity contribution in [2.45, 2.75) is 19.1 Å². The van der Waals surface area contributed by atoms with E-state index >= 15 is 0 Å². The van der Waals surface area contributed by atoms with Crippen molar-refractivity contribution in [3.63, 3.8) is 0 Å². The second kappa shape index (κ2) is 6.38. The Balaban J connectivity index is 1.96. The predicted octanol–water partition coefficient (Wildman–Crippen LogP) is 3.05. The summed E-state index contributed by atoms with van der Waals surface area (Å²) in [6.07, 6.45) is 0.453. The Morgan fingerprint density at radius 2 is 2.05 bits per heavy atom. The molecule has 0 radical (unpaired) electrons. The van der Waals surface area contributed by atoms with Crippen LogP contribution in [0.3, 0.4) is 0 Å². The molecule has 22 heavy (non-hydrogen) atoms. The van der Waals surface area contributed by atoms with Gasteiger partial charge in [0.15, 0.2) is 0 Å².